The number of rotatable bonds is 2. The first-order valence-electron chi connectivity index (χ1n) is 2.67. The molecule has 0 aromatic carbocycles. The van der Waals surface area contributed by atoms with Gasteiger partial charge in [0.05, 0.1) is 6.04 Å². The van der Waals surface area contributed by atoms with Gasteiger partial charge in [0.1, 0.15) is 0 Å². The van der Waals surface area contributed by atoms with E-state index < -0.39 is 0 Å². The van der Waals surface area contributed by atoms with E-state index >= 15 is 0 Å². The average Bonchev–Trinajstić information content (AvgIpc) is 2.34. The van der Waals surface area contributed by atoms with Crippen molar-refractivity contribution in [1.29, 1.82) is 0 Å². The Hall–Kier alpha value is 0.170. The molecule has 0 aliphatic heterocycles. The van der Waals surface area contributed by atoms with Crippen LogP contribution in [-0.4, -0.2) is 10.9 Å². The number of hydrogen-bond donors (Lipinski definition) is 1. The maximum absolute atomic E-state index is 5.59. The first-order valence-corrected chi connectivity index (χ1v) is 4.39. The van der Waals surface area contributed by atoms with Crippen LogP contribution in [0.1, 0.15) is 10.9 Å². The highest BCUT2D eigenvalue weighted by atomic mass is 35.5. The van der Waals surface area contributed by atoms with Crippen LogP contribution < -0.4 is 5.73 Å². The Morgan fingerprint density at radius 3 is 2.90 bits per heavy atom. The lowest BCUT2D eigenvalue weighted by molar-refractivity contribution is 0.843. The van der Waals surface area contributed by atoms with E-state index in [4.69, 9.17) is 28.9 Å². The SMILES string of the molecule is N[C@H](CCl)c1cnc(Cl)s1. The summed E-state index contributed by atoms with van der Waals surface area (Å²) >= 11 is 12.4. The van der Waals surface area contributed by atoms with Crippen molar-refractivity contribution in [2.24, 2.45) is 5.73 Å². The molecule has 0 spiro atoms. The Kier molecular flexibility index (Phi) is 2.92. The van der Waals surface area contributed by atoms with Crippen LogP contribution in [0.3, 0.4) is 0 Å². The molecule has 56 valence electrons. The molecule has 1 aromatic rings. The number of alkyl halides is 1. The topological polar surface area (TPSA) is 38.9 Å². The Bertz CT molecular complexity index is 213. The van der Waals surface area contributed by atoms with E-state index in [1.165, 1.54) is 11.3 Å². The van der Waals surface area contributed by atoms with E-state index in [-0.39, 0.29) is 6.04 Å². The highest BCUT2D eigenvalue weighted by Gasteiger charge is 2.07. The van der Waals surface area contributed by atoms with Gasteiger partial charge in [-0.25, -0.2) is 4.98 Å². The van der Waals surface area contributed by atoms with Crippen LogP contribution in [0.5, 0.6) is 0 Å². The van der Waals surface area contributed by atoms with E-state index in [1.54, 1.807) is 6.20 Å². The molecule has 0 bridgehead atoms. The predicted molar refractivity (Wildman–Crippen MR) is 44.8 cm³/mol. The molecule has 0 radical (unpaired) electrons. The van der Waals surface area contributed by atoms with E-state index in [0.29, 0.717) is 10.3 Å². The first-order chi connectivity index (χ1) is 4.74. The fourth-order valence-electron chi connectivity index (χ4n) is 0.512. The van der Waals surface area contributed by atoms with Crippen molar-refractivity contribution in [3.63, 3.8) is 0 Å². The van der Waals surface area contributed by atoms with Gasteiger partial charge in [-0.2, -0.15) is 0 Å². The van der Waals surface area contributed by atoms with E-state index in [9.17, 15) is 0 Å². The highest BCUT2D eigenvalue weighted by Crippen LogP contribution is 2.22. The summed E-state index contributed by atoms with van der Waals surface area (Å²) in [6, 6.07) is -0.133. The fourth-order valence-corrected chi connectivity index (χ4v) is 1.73. The van der Waals surface area contributed by atoms with Gasteiger partial charge in [0.25, 0.3) is 0 Å². The van der Waals surface area contributed by atoms with Crippen molar-refractivity contribution in [2.45, 2.75) is 6.04 Å². The van der Waals surface area contributed by atoms with Gasteiger partial charge in [0.2, 0.25) is 0 Å². The molecular weight excluding hydrogens is 191 g/mol. The minimum absolute atomic E-state index is 0.133. The Balaban J connectivity index is 2.74. The summed E-state index contributed by atoms with van der Waals surface area (Å²) in [7, 11) is 0. The molecule has 0 saturated carbocycles. The predicted octanol–water partition coefficient (Wildman–Crippen LogP) is 2.04. The lowest BCUT2D eigenvalue weighted by Gasteiger charge is -2.00. The van der Waals surface area contributed by atoms with Crippen LogP contribution in [0, 0.1) is 0 Å². The van der Waals surface area contributed by atoms with Gasteiger partial charge in [0.15, 0.2) is 4.47 Å². The summed E-state index contributed by atoms with van der Waals surface area (Å²) in [5.74, 6) is 0.401. The van der Waals surface area contributed by atoms with Gasteiger partial charge in [-0.1, -0.05) is 11.6 Å². The average molecular weight is 197 g/mol. The highest BCUT2D eigenvalue weighted by molar-refractivity contribution is 7.15. The number of halogens is 2. The zero-order valence-corrected chi connectivity index (χ0v) is 7.38. The molecule has 5 heteroatoms. The summed E-state index contributed by atoms with van der Waals surface area (Å²) in [6.45, 7) is 0. The summed E-state index contributed by atoms with van der Waals surface area (Å²) in [5, 5.41) is 0. The maximum Gasteiger partial charge on any atom is 0.183 e. The van der Waals surface area contributed by atoms with Crippen LogP contribution >= 0.6 is 34.5 Å². The first kappa shape index (κ1) is 8.27. The summed E-state index contributed by atoms with van der Waals surface area (Å²) in [5.41, 5.74) is 5.59. The lowest BCUT2D eigenvalue weighted by Crippen LogP contribution is -2.09. The largest absolute Gasteiger partial charge is 0.322 e. The van der Waals surface area contributed by atoms with Crippen LogP contribution in [0.15, 0.2) is 6.20 Å². The zero-order chi connectivity index (χ0) is 7.56. The quantitative estimate of drug-likeness (QED) is 0.736. The molecule has 0 aliphatic carbocycles. The van der Waals surface area contributed by atoms with E-state index in [1.807, 2.05) is 0 Å². The molecule has 1 rings (SSSR count). The van der Waals surface area contributed by atoms with Crippen molar-refractivity contribution >= 4 is 34.5 Å². The maximum atomic E-state index is 5.59. The molecule has 2 N–H and O–H groups in total. The van der Waals surface area contributed by atoms with E-state index in [2.05, 4.69) is 4.98 Å². The van der Waals surface area contributed by atoms with Gasteiger partial charge in [-0.15, -0.1) is 22.9 Å². The van der Waals surface area contributed by atoms with E-state index in [0.717, 1.165) is 4.88 Å². The van der Waals surface area contributed by atoms with Gasteiger partial charge >= 0.3 is 0 Å². The normalized spacial score (nSPS) is 13.5. The van der Waals surface area contributed by atoms with Crippen molar-refractivity contribution in [2.75, 3.05) is 5.88 Å². The standard InChI is InChI=1S/C5H6Cl2N2S/c6-1-3(8)4-2-9-5(7)10-4/h2-3H,1,8H2/t3-/m1/s1. The van der Waals surface area contributed by atoms with Crippen molar-refractivity contribution in [3.8, 4) is 0 Å². The Morgan fingerprint density at radius 2 is 2.50 bits per heavy atom. The lowest BCUT2D eigenvalue weighted by atomic mass is 10.3. The fraction of sp³-hybridized carbons (Fsp3) is 0.400. The summed E-state index contributed by atoms with van der Waals surface area (Å²) in [4.78, 5) is 4.76. The minimum atomic E-state index is -0.133. The molecule has 0 unspecified atom stereocenters. The Morgan fingerprint density at radius 1 is 1.80 bits per heavy atom. The molecule has 1 aromatic heterocycles. The molecule has 0 saturated heterocycles. The number of thiazole rings is 1. The van der Waals surface area contributed by atoms with Crippen LogP contribution in [0.25, 0.3) is 0 Å². The number of nitrogens with two attached hydrogens (primary N) is 1. The van der Waals surface area contributed by atoms with Gasteiger partial charge < -0.3 is 5.73 Å². The van der Waals surface area contributed by atoms with Crippen LogP contribution in [0.4, 0.5) is 0 Å². The number of hydrogen-bond acceptors (Lipinski definition) is 3. The van der Waals surface area contributed by atoms with Crippen molar-refractivity contribution < 1.29 is 0 Å². The van der Waals surface area contributed by atoms with Crippen LogP contribution in [-0.2, 0) is 0 Å². The second-order valence-corrected chi connectivity index (χ2v) is 3.73. The van der Waals surface area contributed by atoms with Gasteiger partial charge in [0, 0.05) is 17.0 Å². The molecule has 10 heavy (non-hydrogen) atoms. The van der Waals surface area contributed by atoms with Crippen molar-refractivity contribution in [1.82, 2.24) is 4.98 Å². The molecule has 1 heterocycles. The van der Waals surface area contributed by atoms with Crippen LogP contribution in [0.2, 0.25) is 4.47 Å². The molecule has 2 nitrogen and oxygen atoms in total. The second-order valence-electron chi connectivity index (χ2n) is 1.78. The minimum Gasteiger partial charge on any atom is -0.322 e. The third-order valence-electron chi connectivity index (χ3n) is 1.03. The van der Waals surface area contributed by atoms with Gasteiger partial charge in [-0.3, -0.25) is 0 Å². The molecule has 0 fully saturated rings. The zero-order valence-electron chi connectivity index (χ0n) is 5.05. The molecule has 0 amide bonds. The second kappa shape index (κ2) is 3.53. The smallest absolute Gasteiger partial charge is 0.183 e. The monoisotopic (exact) mass is 196 g/mol. The number of nitrogens with zero attached hydrogens (tertiary/aromatic N) is 1. The third-order valence-corrected chi connectivity index (χ3v) is 2.61. The molecule has 1 atom stereocenters. The summed E-state index contributed by atoms with van der Waals surface area (Å²) < 4.78 is 0.510. The Labute approximate surface area is 73.0 Å². The molecular formula is C5H6Cl2N2S. The summed E-state index contributed by atoms with van der Waals surface area (Å²) in [6.07, 6.45) is 1.65. The van der Waals surface area contributed by atoms with Gasteiger partial charge in [-0.05, 0) is 0 Å². The van der Waals surface area contributed by atoms with Crippen molar-refractivity contribution in [3.05, 3.63) is 15.5 Å². The molecule has 0 aliphatic rings. The number of aromatic nitrogens is 1. The third kappa shape index (κ3) is 1.83.